The van der Waals surface area contributed by atoms with E-state index in [0.29, 0.717) is 0 Å². The van der Waals surface area contributed by atoms with Crippen molar-refractivity contribution in [2.75, 3.05) is 25.7 Å². The van der Waals surface area contributed by atoms with Crippen molar-refractivity contribution >= 4 is 34.2 Å². The minimum atomic E-state index is -0.666. The summed E-state index contributed by atoms with van der Waals surface area (Å²) >= 11 is 0. The van der Waals surface area contributed by atoms with Crippen molar-refractivity contribution in [3.8, 4) is 0 Å². The van der Waals surface area contributed by atoms with Crippen molar-refractivity contribution in [3.63, 3.8) is 0 Å². The molecule has 1 atom stereocenters. The van der Waals surface area contributed by atoms with E-state index in [1.54, 1.807) is 6.92 Å². The van der Waals surface area contributed by atoms with Crippen LogP contribution in [0.1, 0.15) is 52.7 Å². The van der Waals surface area contributed by atoms with Gasteiger partial charge in [0.1, 0.15) is 6.04 Å². The Morgan fingerprint density at radius 2 is 1.91 bits per heavy atom. The van der Waals surface area contributed by atoms with Crippen molar-refractivity contribution < 1.29 is 24.3 Å². The third-order valence-corrected chi connectivity index (χ3v) is 5.56. The molecule has 2 aromatic rings. The number of aromatic nitrogens is 1. The lowest BCUT2D eigenvalue weighted by atomic mass is 9.84. The van der Waals surface area contributed by atoms with Crippen LogP contribution in [0.5, 0.6) is 0 Å². The minimum absolute atomic E-state index is 0.00119. The Morgan fingerprint density at radius 1 is 1.25 bits per heavy atom. The third kappa shape index (κ3) is 5.06. The number of nitrogens with one attached hydrogen (secondary N) is 1. The number of carbonyl (C=O) groups excluding carboxylic acids is 2. The molecule has 0 spiro atoms. The number of hydrogen-bond donors (Lipinski definition) is 2. The number of oxime groups is 1. The van der Waals surface area contributed by atoms with Crippen molar-refractivity contribution in [1.29, 1.82) is 0 Å². The molecule has 1 aromatic heterocycles. The Hall–Kier alpha value is -3.03. The molecule has 8 heteroatoms. The first kappa shape index (κ1) is 25.2. The number of fused-ring (bicyclic) bond motifs is 1. The predicted molar refractivity (Wildman–Crippen MR) is 126 cm³/mol. The maximum absolute atomic E-state index is 12.6. The van der Waals surface area contributed by atoms with Gasteiger partial charge < -0.3 is 24.6 Å². The number of likely N-dealkylation sites (N-methyl/N-ethyl adjacent to an activating group) is 1. The van der Waals surface area contributed by atoms with Gasteiger partial charge in [0.25, 0.3) is 0 Å². The molecule has 2 N–H and O–H groups in total. The zero-order chi connectivity index (χ0) is 24.2. The van der Waals surface area contributed by atoms with Gasteiger partial charge in [0.2, 0.25) is 0 Å². The van der Waals surface area contributed by atoms with Crippen molar-refractivity contribution in [2.45, 2.75) is 59.4 Å². The molecule has 0 saturated heterocycles. The van der Waals surface area contributed by atoms with E-state index in [4.69, 9.17) is 9.47 Å². The standard InChI is InChI=1S/C24H35N3O5/c1-9-32-22(28)17(26-30)12-15-13-25-20-16(24(4,5)6)10-11-18(19(15)20)27(7)21(14(2)3)23(29)31-8/h10-11,13-14,21,25,30H,9,12H2,1-8H3/b26-17-/t21-/m0/s1. The number of nitrogens with zero attached hydrogens (tertiary/aromatic N) is 2. The van der Waals surface area contributed by atoms with Gasteiger partial charge in [-0.25, -0.2) is 9.59 Å². The molecule has 1 aromatic carbocycles. The average Bonchev–Trinajstić information content (AvgIpc) is 3.13. The second-order valence-corrected chi connectivity index (χ2v) is 9.21. The van der Waals surface area contributed by atoms with Crippen LogP contribution in [0.3, 0.4) is 0 Å². The van der Waals surface area contributed by atoms with E-state index in [1.165, 1.54) is 7.11 Å². The molecule has 0 saturated carbocycles. The summed E-state index contributed by atoms with van der Waals surface area (Å²) in [4.78, 5) is 30.0. The molecule has 0 aliphatic rings. The van der Waals surface area contributed by atoms with Crippen LogP contribution in [0.15, 0.2) is 23.5 Å². The van der Waals surface area contributed by atoms with Crippen LogP contribution < -0.4 is 4.90 Å². The van der Waals surface area contributed by atoms with Crippen molar-refractivity contribution in [3.05, 3.63) is 29.5 Å². The highest BCUT2D eigenvalue weighted by atomic mass is 16.5. The first-order valence-corrected chi connectivity index (χ1v) is 10.8. The molecule has 176 valence electrons. The van der Waals surface area contributed by atoms with Crippen molar-refractivity contribution in [2.24, 2.45) is 11.1 Å². The topological polar surface area (TPSA) is 104 Å². The minimum Gasteiger partial charge on any atom is -0.467 e. The number of hydrogen-bond acceptors (Lipinski definition) is 7. The Labute approximate surface area is 189 Å². The average molecular weight is 446 g/mol. The van der Waals surface area contributed by atoms with Gasteiger partial charge in [0.05, 0.1) is 19.2 Å². The first-order valence-electron chi connectivity index (χ1n) is 10.8. The molecule has 2 rings (SSSR count). The summed E-state index contributed by atoms with van der Waals surface area (Å²) in [5, 5.41) is 13.5. The van der Waals surface area contributed by atoms with Crippen LogP contribution >= 0.6 is 0 Å². The Balaban J connectivity index is 2.72. The van der Waals surface area contributed by atoms with E-state index in [1.807, 2.05) is 38.1 Å². The molecular formula is C24H35N3O5. The van der Waals surface area contributed by atoms with E-state index in [9.17, 15) is 14.8 Å². The van der Waals surface area contributed by atoms with Gasteiger partial charge in [0, 0.05) is 30.7 Å². The van der Waals surface area contributed by atoms with Gasteiger partial charge in [-0.3, -0.25) is 0 Å². The predicted octanol–water partition coefficient (Wildman–Crippen LogP) is 4.04. The quantitative estimate of drug-likeness (QED) is 0.275. The number of aromatic amines is 1. The van der Waals surface area contributed by atoms with Crippen molar-refractivity contribution in [1.82, 2.24) is 4.98 Å². The monoisotopic (exact) mass is 445 g/mol. The molecule has 0 fully saturated rings. The highest BCUT2D eigenvalue weighted by Gasteiger charge is 2.31. The van der Waals surface area contributed by atoms with E-state index < -0.39 is 12.0 Å². The summed E-state index contributed by atoms with van der Waals surface area (Å²) in [5.74, 6) is -0.987. The van der Waals surface area contributed by atoms with Gasteiger partial charge in [0.15, 0.2) is 5.71 Å². The fraction of sp³-hybridized carbons (Fsp3) is 0.542. The molecule has 0 aliphatic heterocycles. The second-order valence-electron chi connectivity index (χ2n) is 9.21. The molecule has 8 nitrogen and oxygen atoms in total. The normalized spacial score (nSPS) is 13.3. The summed E-state index contributed by atoms with van der Waals surface area (Å²) in [6.45, 7) is 12.2. The lowest BCUT2D eigenvalue weighted by Crippen LogP contribution is -2.43. The number of H-pyrrole nitrogens is 1. The number of anilines is 1. The molecule has 0 bridgehead atoms. The summed E-state index contributed by atoms with van der Waals surface area (Å²) in [6, 6.07) is 3.54. The number of esters is 2. The van der Waals surface area contributed by atoms with Gasteiger partial charge in [-0.05, 0) is 35.4 Å². The number of benzene rings is 1. The summed E-state index contributed by atoms with van der Waals surface area (Å²) < 4.78 is 10.1. The lowest BCUT2D eigenvalue weighted by Gasteiger charge is -2.32. The van der Waals surface area contributed by atoms with E-state index in [2.05, 4.69) is 37.0 Å². The van der Waals surface area contributed by atoms with E-state index in [-0.39, 0.29) is 36.0 Å². The van der Waals surface area contributed by atoms with Crippen LogP contribution in [-0.2, 0) is 30.9 Å². The SMILES string of the molecule is CCOC(=O)/C(Cc1c[nH]c2c(C(C)(C)C)ccc(N(C)[C@H](C(=O)OC)C(C)C)c12)=N\O. The lowest BCUT2D eigenvalue weighted by molar-refractivity contribution is -0.143. The van der Waals surface area contributed by atoms with Crippen LogP contribution in [-0.4, -0.2) is 54.6 Å². The first-order chi connectivity index (χ1) is 15.0. The van der Waals surface area contributed by atoms with E-state index in [0.717, 1.165) is 27.7 Å². The largest absolute Gasteiger partial charge is 0.467 e. The maximum Gasteiger partial charge on any atom is 0.356 e. The molecular weight excluding hydrogens is 410 g/mol. The summed E-state index contributed by atoms with van der Waals surface area (Å²) in [7, 11) is 3.24. The number of methoxy groups -OCH3 is 1. The summed E-state index contributed by atoms with van der Waals surface area (Å²) in [6.07, 6.45) is 1.89. The van der Waals surface area contributed by atoms with Gasteiger partial charge >= 0.3 is 11.9 Å². The zero-order valence-electron chi connectivity index (χ0n) is 20.3. The highest BCUT2D eigenvalue weighted by Crippen LogP contribution is 2.38. The molecule has 0 radical (unpaired) electrons. The number of ether oxygens (including phenoxy) is 2. The van der Waals surface area contributed by atoms with Crippen LogP contribution in [0.25, 0.3) is 10.9 Å². The van der Waals surface area contributed by atoms with Crippen LogP contribution in [0.2, 0.25) is 0 Å². The van der Waals surface area contributed by atoms with Crippen LogP contribution in [0.4, 0.5) is 5.69 Å². The maximum atomic E-state index is 12.6. The molecule has 1 heterocycles. The fourth-order valence-corrected chi connectivity index (χ4v) is 4.05. The Bertz CT molecular complexity index is 1000. The number of carbonyl (C=O) groups is 2. The summed E-state index contributed by atoms with van der Waals surface area (Å²) in [5.41, 5.74) is 3.34. The van der Waals surface area contributed by atoms with Gasteiger partial charge in [-0.1, -0.05) is 45.8 Å². The zero-order valence-corrected chi connectivity index (χ0v) is 20.3. The second kappa shape index (κ2) is 10.1. The molecule has 0 unspecified atom stereocenters. The third-order valence-electron chi connectivity index (χ3n) is 5.56. The highest BCUT2D eigenvalue weighted by molar-refractivity contribution is 6.37. The molecule has 0 amide bonds. The van der Waals surface area contributed by atoms with Gasteiger partial charge in [-0.15, -0.1) is 0 Å². The smallest absolute Gasteiger partial charge is 0.356 e. The number of rotatable bonds is 8. The molecule has 0 aliphatic carbocycles. The Kier molecular flexibility index (Phi) is 7.93. The molecule has 32 heavy (non-hydrogen) atoms. The van der Waals surface area contributed by atoms with E-state index >= 15 is 0 Å². The fourth-order valence-electron chi connectivity index (χ4n) is 4.05. The van der Waals surface area contributed by atoms with Gasteiger partial charge in [-0.2, -0.15) is 0 Å². The Morgan fingerprint density at radius 3 is 2.41 bits per heavy atom. The van der Waals surface area contributed by atoms with Crippen LogP contribution in [0, 0.1) is 5.92 Å².